The molecule has 1 atom stereocenters. The molecule has 0 fully saturated rings. The maximum atomic E-state index is 13.8. The van der Waals surface area contributed by atoms with Crippen LogP contribution in [0.15, 0.2) is 24.3 Å². The summed E-state index contributed by atoms with van der Waals surface area (Å²) in [5, 5.41) is 3.49. The second-order valence-electron chi connectivity index (χ2n) is 5.86. The number of hydrogen-bond acceptors (Lipinski definition) is 2. The maximum absolute atomic E-state index is 13.8. The fourth-order valence-corrected chi connectivity index (χ4v) is 2.71. The van der Waals surface area contributed by atoms with E-state index in [1.165, 1.54) is 6.07 Å². The molecule has 0 radical (unpaired) electrons. The number of hydrogen-bond donors (Lipinski definition) is 1. The van der Waals surface area contributed by atoms with E-state index in [-0.39, 0.29) is 11.9 Å². The van der Waals surface area contributed by atoms with Gasteiger partial charge in [-0.2, -0.15) is 0 Å². The zero-order valence-electron chi connectivity index (χ0n) is 13.5. The van der Waals surface area contributed by atoms with E-state index in [1.807, 2.05) is 12.1 Å². The van der Waals surface area contributed by atoms with Gasteiger partial charge in [0.2, 0.25) is 0 Å². The Labute approximate surface area is 123 Å². The molecule has 0 spiro atoms. The van der Waals surface area contributed by atoms with Gasteiger partial charge in [-0.1, -0.05) is 25.1 Å². The maximum Gasteiger partial charge on any atom is 0.127 e. The molecule has 1 rings (SSSR count). The van der Waals surface area contributed by atoms with Gasteiger partial charge in [0.15, 0.2) is 0 Å². The van der Waals surface area contributed by atoms with Crippen LogP contribution in [-0.4, -0.2) is 30.1 Å². The number of halogens is 1. The van der Waals surface area contributed by atoms with Crippen molar-refractivity contribution in [3.8, 4) is 0 Å². The van der Waals surface area contributed by atoms with Gasteiger partial charge in [0.05, 0.1) is 0 Å². The Morgan fingerprint density at radius 3 is 2.20 bits per heavy atom. The van der Waals surface area contributed by atoms with Crippen LogP contribution >= 0.6 is 0 Å². The molecule has 0 aromatic heterocycles. The Hall–Kier alpha value is -0.930. The van der Waals surface area contributed by atoms with E-state index < -0.39 is 0 Å². The smallest absolute Gasteiger partial charge is 0.127 e. The molecule has 3 heteroatoms. The molecule has 114 valence electrons. The van der Waals surface area contributed by atoms with Gasteiger partial charge in [-0.15, -0.1) is 0 Å². The third kappa shape index (κ3) is 4.88. The standard InChI is InChI=1S/C17H29FN2/c1-6-17(15-9-7-8-10-16(15)18)19-11-12-20(13(2)3)14(4)5/h7-10,13-14,17,19H,6,11-12H2,1-5H3. The van der Waals surface area contributed by atoms with Gasteiger partial charge in [-0.05, 0) is 40.2 Å². The summed E-state index contributed by atoms with van der Waals surface area (Å²) in [4.78, 5) is 2.45. The van der Waals surface area contributed by atoms with Crippen molar-refractivity contribution in [1.29, 1.82) is 0 Å². The molecule has 20 heavy (non-hydrogen) atoms. The fraction of sp³-hybridized carbons (Fsp3) is 0.647. The van der Waals surface area contributed by atoms with Crippen molar-refractivity contribution >= 4 is 0 Å². The first kappa shape index (κ1) is 17.1. The molecule has 1 N–H and O–H groups in total. The van der Waals surface area contributed by atoms with Crippen molar-refractivity contribution in [3.05, 3.63) is 35.6 Å². The van der Waals surface area contributed by atoms with Crippen LogP contribution < -0.4 is 5.32 Å². The van der Waals surface area contributed by atoms with Crippen LogP contribution in [0.4, 0.5) is 4.39 Å². The first-order valence-corrected chi connectivity index (χ1v) is 7.70. The zero-order valence-corrected chi connectivity index (χ0v) is 13.5. The molecule has 0 saturated carbocycles. The molecule has 0 aliphatic carbocycles. The molecule has 2 nitrogen and oxygen atoms in total. The Morgan fingerprint density at radius 2 is 1.70 bits per heavy atom. The lowest BCUT2D eigenvalue weighted by Crippen LogP contribution is -2.42. The summed E-state index contributed by atoms with van der Waals surface area (Å²) in [6, 6.07) is 8.21. The minimum Gasteiger partial charge on any atom is -0.309 e. The molecule has 1 unspecified atom stereocenters. The topological polar surface area (TPSA) is 15.3 Å². The van der Waals surface area contributed by atoms with E-state index in [9.17, 15) is 4.39 Å². The lowest BCUT2D eigenvalue weighted by molar-refractivity contribution is 0.173. The average Bonchev–Trinajstić information content (AvgIpc) is 2.39. The summed E-state index contributed by atoms with van der Waals surface area (Å²) in [5.41, 5.74) is 0.774. The molecule has 0 aliphatic heterocycles. The van der Waals surface area contributed by atoms with E-state index in [2.05, 4.69) is 44.8 Å². The van der Waals surface area contributed by atoms with Crippen molar-refractivity contribution in [1.82, 2.24) is 10.2 Å². The Balaban J connectivity index is 2.56. The van der Waals surface area contributed by atoms with Crippen LogP contribution in [0.1, 0.15) is 52.6 Å². The van der Waals surface area contributed by atoms with E-state index in [1.54, 1.807) is 6.07 Å². The van der Waals surface area contributed by atoms with Crippen molar-refractivity contribution in [2.24, 2.45) is 0 Å². The molecule has 1 aromatic carbocycles. The normalized spacial score (nSPS) is 13.4. The van der Waals surface area contributed by atoms with Gasteiger partial charge >= 0.3 is 0 Å². The molecule has 0 saturated heterocycles. The molecule has 0 bridgehead atoms. The molecular weight excluding hydrogens is 251 g/mol. The number of benzene rings is 1. The van der Waals surface area contributed by atoms with Crippen LogP contribution in [0.3, 0.4) is 0 Å². The van der Waals surface area contributed by atoms with Crippen molar-refractivity contribution in [3.63, 3.8) is 0 Å². The predicted octanol–water partition coefficient (Wildman–Crippen LogP) is 3.99. The van der Waals surface area contributed by atoms with E-state index in [4.69, 9.17) is 0 Å². The van der Waals surface area contributed by atoms with E-state index in [0.717, 1.165) is 25.1 Å². The van der Waals surface area contributed by atoms with E-state index >= 15 is 0 Å². The number of rotatable bonds is 8. The van der Waals surface area contributed by atoms with Gasteiger partial charge in [0.25, 0.3) is 0 Å². The zero-order chi connectivity index (χ0) is 15.1. The summed E-state index contributed by atoms with van der Waals surface area (Å²) >= 11 is 0. The van der Waals surface area contributed by atoms with Crippen LogP contribution in [-0.2, 0) is 0 Å². The van der Waals surface area contributed by atoms with Crippen LogP contribution in [0.25, 0.3) is 0 Å². The Morgan fingerprint density at radius 1 is 1.10 bits per heavy atom. The van der Waals surface area contributed by atoms with Crippen LogP contribution in [0.5, 0.6) is 0 Å². The summed E-state index contributed by atoms with van der Waals surface area (Å²) in [5.74, 6) is -0.114. The van der Waals surface area contributed by atoms with Crippen LogP contribution in [0.2, 0.25) is 0 Å². The van der Waals surface area contributed by atoms with Gasteiger partial charge in [0, 0.05) is 36.8 Å². The molecule has 1 aromatic rings. The average molecular weight is 280 g/mol. The predicted molar refractivity (Wildman–Crippen MR) is 84.4 cm³/mol. The van der Waals surface area contributed by atoms with E-state index in [0.29, 0.717) is 12.1 Å². The highest BCUT2D eigenvalue weighted by Crippen LogP contribution is 2.19. The van der Waals surface area contributed by atoms with Crippen molar-refractivity contribution < 1.29 is 4.39 Å². The lowest BCUT2D eigenvalue weighted by Gasteiger charge is -2.31. The minimum atomic E-state index is -0.114. The third-order valence-corrected chi connectivity index (χ3v) is 3.78. The monoisotopic (exact) mass is 280 g/mol. The first-order valence-electron chi connectivity index (χ1n) is 7.70. The SMILES string of the molecule is CCC(NCCN(C(C)C)C(C)C)c1ccccc1F. The van der Waals surface area contributed by atoms with Crippen molar-refractivity contribution in [2.45, 2.75) is 59.2 Å². The lowest BCUT2D eigenvalue weighted by atomic mass is 10.0. The Kier molecular flexibility index (Phi) is 7.17. The largest absolute Gasteiger partial charge is 0.309 e. The summed E-state index contributed by atoms with van der Waals surface area (Å²) in [7, 11) is 0. The molecule has 0 heterocycles. The van der Waals surface area contributed by atoms with Gasteiger partial charge in [0.1, 0.15) is 5.82 Å². The third-order valence-electron chi connectivity index (χ3n) is 3.78. The number of nitrogens with one attached hydrogen (secondary N) is 1. The molecule has 0 amide bonds. The highest BCUT2D eigenvalue weighted by Gasteiger charge is 2.15. The summed E-state index contributed by atoms with van der Waals surface area (Å²) < 4.78 is 13.8. The van der Waals surface area contributed by atoms with Gasteiger partial charge in [-0.25, -0.2) is 4.39 Å². The fourth-order valence-electron chi connectivity index (χ4n) is 2.71. The van der Waals surface area contributed by atoms with Crippen molar-refractivity contribution in [2.75, 3.05) is 13.1 Å². The highest BCUT2D eigenvalue weighted by molar-refractivity contribution is 5.21. The summed E-state index contributed by atoms with van der Waals surface area (Å²) in [6.45, 7) is 12.8. The highest BCUT2D eigenvalue weighted by atomic mass is 19.1. The summed E-state index contributed by atoms with van der Waals surface area (Å²) in [6.07, 6.45) is 0.893. The molecule has 0 aliphatic rings. The Bertz CT molecular complexity index is 382. The number of nitrogens with zero attached hydrogens (tertiary/aromatic N) is 1. The second-order valence-corrected chi connectivity index (χ2v) is 5.86. The quantitative estimate of drug-likeness (QED) is 0.774. The van der Waals surface area contributed by atoms with Crippen LogP contribution in [0, 0.1) is 5.82 Å². The van der Waals surface area contributed by atoms with Gasteiger partial charge in [-0.3, -0.25) is 4.90 Å². The molecular formula is C17H29FN2. The van der Waals surface area contributed by atoms with Gasteiger partial charge < -0.3 is 5.32 Å². The first-order chi connectivity index (χ1) is 9.47. The minimum absolute atomic E-state index is 0.0948. The second kappa shape index (κ2) is 8.38.